The number of nitrogens with zero attached hydrogens (tertiary/aromatic N) is 1. The van der Waals surface area contributed by atoms with Gasteiger partial charge < -0.3 is 4.74 Å². The summed E-state index contributed by atoms with van der Waals surface area (Å²) in [4.78, 5) is 4.04. The van der Waals surface area contributed by atoms with Gasteiger partial charge in [0.1, 0.15) is 0 Å². The van der Waals surface area contributed by atoms with Gasteiger partial charge in [0, 0.05) is 24.0 Å². The minimum atomic E-state index is -0.0185. The molecule has 0 radical (unpaired) electrons. The van der Waals surface area contributed by atoms with E-state index >= 15 is 0 Å². The van der Waals surface area contributed by atoms with Crippen LogP contribution in [0.3, 0.4) is 0 Å². The Morgan fingerprint density at radius 1 is 1.69 bits per heavy atom. The molecule has 1 atom stereocenters. The van der Waals surface area contributed by atoms with Gasteiger partial charge in [-0.2, -0.15) is 0 Å². The predicted octanol–water partition coefficient (Wildman–Crippen LogP) is 0.995. The van der Waals surface area contributed by atoms with E-state index in [-0.39, 0.29) is 6.04 Å². The Kier molecular flexibility index (Phi) is 4.31. The molecular weight excluding hydrogens is 234 g/mol. The van der Waals surface area contributed by atoms with Gasteiger partial charge in [0.05, 0.1) is 12.6 Å². The van der Waals surface area contributed by atoms with Gasteiger partial charge in [-0.05, 0) is 27.6 Å². The highest BCUT2D eigenvalue weighted by atomic mass is 79.9. The molecule has 0 fully saturated rings. The first-order valence-electron chi connectivity index (χ1n) is 3.83. The second kappa shape index (κ2) is 5.29. The summed E-state index contributed by atoms with van der Waals surface area (Å²) in [6.45, 7) is 0.522. The lowest BCUT2D eigenvalue weighted by molar-refractivity contribution is 0.167. The van der Waals surface area contributed by atoms with E-state index in [1.807, 2.05) is 6.07 Å². The minimum absolute atomic E-state index is 0.0185. The molecule has 0 aliphatic carbocycles. The highest BCUT2D eigenvalue weighted by Gasteiger charge is 2.09. The average molecular weight is 246 g/mol. The van der Waals surface area contributed by atoms with Crippen molar-refractivity contribution < 1.29 is 4.74 Å². The molecule has 0 bridgehead atoms. The number of ether oxygens (including phenoxy) is 1. The third-order valence-electron chi connectivity index (χ3n) is 1.66. The molecule has 1 aromatic rings. The van der Waals surface area contributed by atoms with Gasteiger partial charge >= 0.3 is 0 Å². The van der Waals surface area contributed by atoms with Crippen molar-refractivity contribution in [3.63, 3.8) is 0 Å². The second-order valence-electron chi connectivity index (χ2n) is 2.61. The number of methoxy groups -OCH3 is 1. The van der Waals surface area contributed by atoms with Gasteiger partial charge in [0.25, 0.3) is 0 Å². The molecule has 0 aromatic carbocycles. The van der Waals surface area contributed by atoms with E-state index in [1.165, 1.54) is 0 Å². The third kappa shape index (κ3) is 3.04. The number of nitrogens with one attached hydrogen (secondary N) is 1. The van der Waals surface area contributed by atoms with E-state index in [4.69, 9.17) is 10.6 Å². The van der Waals surface area contributed by atoms with Crippen LogP contribution in [-0.2, 0) is 4.74 Å². The molecule has 0 saturated carbocycles. The first-order valence-corrected chi connectivity index (χ1v) is 4.62. The maximum atomic E-state index is 5.37. The first kappa shape index (κ1) is 10.6. The molecule has 0 aliphatic heterocycles. The standard InChI is InChI=1S/C8H12BrN3O/c1-13-5-8(12-10)6-2-7(9)4-11-3-6/h2-4,8,12H,5,10H2,1H3. The average Bonchev–Trinajstić information content (AvgIpc) is 2.14. The maximum absolute atomic E-state index is 5.37. The smallest absolute Gasteiger partial charge is 0.0709 e. The minimum Gasteiger partial charge on any atom is -0.383 e. The molecule has 3 N–H and O–H groups in total. The molecule has 0 amide bonds. The van der Waals surface area contributed by atoms with E-state index < -0.39 is 0 Å². The number of aromatic nitrogens is 1. The van der Waals surface area contributed by atoms with Crippen LogP contribution in [0.1, 0.15) is 11.6 Å². The zero-order valence-electron chi connectivity index (χ0n) is 7.33. The van der Waals surface area contributed by atoms with Crippen molar-refractivity contribution in [2.45, 2.75) is 6.04 Å². The van der Waals surface area contributed by atoms with Crippen molar-refractivity contribution in [2.75, 3.05) is 13.7 Å². The largest absolute Gasteiger partial charge is 0.383 e. The maximum Gasteiger partial charge on any atom is 0.0709 e. The number of nitrogens with two attached hydrogens (primary N) is 1. The molecule has 4 nitrogen and oxygen atoms in total. The van der Waals surface area contributed by atoms with Gasteiger partial charge in [-0.25, -0.2) is 0 Å². The van der Waals surface area contributed by atoms with Gasteiger partial charge in [-0.1, -0.05) is 0 Å². The van der Waals surface area contributed by atoms with Gasteiger partial charge in [-0.15, -0.1) is 0 Å². The summed E-state index contributed by atoms with van der Waals surface area (Å²) >= 11 is 3.34. The number of halogens is 1. The Hall–Kier alpha value is -0.490. The molecule has 1 unspecified atom stereocenters. The van der Waals surface area contributed by atoms with Crippen molar-refractivity contribution in [2.24, 2.45) is 5.84 Å². The van der Waals surface area contributed by atoms with E-state index in [0.717, 1.165) is 10.0 Å². The summed E-state index contributed by atoms with van der Waals surface area (Å²) < 4.78 is 5.94. The molecular formula is C8H12BrN3O. The van der Waals surface area contributed by atoms with Crippen molar-refractivity contribution in [3.05, 3.63) is 28.5 Å². The van der Waals surface area contributed by atoms with Crippen molar-refractivity contribution in [1.82, 2.24) is 10.4 Å². The van der Waals surface area contributed by atoms with E-state index in [9.17, 15) is 0 Å². The fourth-order valence-corrected chi connectivity index (χ4v) is 1.41. The van der Waals surface area contributed by atoms with E-state index in [2.05, 4.69) is 26.3 Å². The zero-order chi connectivity index (χ0) is 9.68. The van der Waals surface area contributed by atoms with Crippen molar-refractivity contribution in [3.8, 4) is 0 Å². The molecule has 0 aliphatic rings. The van der Waals surface area contributed by atoms with Crippen molar-refractivity contribution in [1.29, 1.82) is 0 Å². The molecule has 1 rings (SSSR count). The Bertz CT molecular complexity index is 269. The highest BCUT2D eigenvalue weighted by molar-refractivity contribution is 9.10. The second-order valence-corrected chi connectivity index (χ2v) is 3.53. The normalized spacial score (nSPS) is 12.8. The van der Waals surface area contributed by atoms with Crippen LogP contribution in [0.4, 0.5) is 0 Å². The van der Waals surface area contributed by atoms with Gasteiger partial charge in [0.15, 0.2) is 0 Å². The molecule has 5 heteroatoms. The number of rotatable bonds is 4. The van der Waals surface area contributed by atoms with Crippen LogP contribution in [0.15, 0.2) is 22.9 Å². The fraction of sp³-hybridized carbons (Fsp3) is 0.375. The van der Waals surface area contributed by atoms with Gasteiger partial charge in [-0.3, -0.25) is 16.3 Å². The SMILES string of the molecule is COCC(NN)c1cncc(Br)c1. The topological polar surface area (TPSA) is 60.2 Å². The molecule has 72 valence electrons. The number of hydrogen-bond donors (Lipinski definition) is 2. The van der Waals surface area contributed by atoms with Gasteiger partial charge in [0.2, 0.25) is 0 Å². The summed E-state index contributed by atoms with van der Waals surface area (Å²) in [6, 6.07) is 1.94. The highest BCUT2D eigenvalue weighted by Crippen LogP contribution is 2.15. The van der Waals surface area contributed by atoms with Crippen LogP contribution < -0.4 is 11.3 Å². The third-order valence-corrected chi connectivity index (χ3v) is 2.10. The Morgan fingerprint density at radius 2 is 2.46 bits per heavy atom. The lowest BCUT2D eigenvalue weighted by atomic mass is 10.1. The summed E-state index contributed by atoms with van der Waals surface area (Å²) in [5.74, 6) is 5.37. The van der Waals surface area contributed by atoms with Crippen LogP contribution in [0.25, 0.3) is 0 Å². The molecule has 13 heavy (non-hydrogen) atoms. The number of hydrogen-bond acceptors (Lipinski definition) is 4. The van der Waals surface area contributed by atoms with Crippen molar-refractivity contribution >= 4 is 15.9 Å². The molecule has 1 heterocycles. The lowest BCUT2D eigenvalue weighted by Crippen LogP contribution is -2.31. The number of hydrazine groups is 1. The van der Waals surface area contributed by atoms with Crippen LogP contribution in [0.5, 0.6) is 0 Å². The summed E-state index contributed by atoms with van der Waals surface area (Å²) in [5.41, 5.74) is 3.66. The molecule has 0 spiro atoms. The first-order chi connectivity index (χ1) is 6.27. The fourth-order valence-electron chi connectivity index (χ4n) is 1.03. The van der Waals surface area contributed by atoms with Crippen LogP contribution in [0, 0.1) is 0 Å². The number of pyridine rings is 1. The predicted molar refractivity (Wildman–Crippen MR) is 53.9 cm³/mol. The Labute approximate surface area is 85.6 Å². The zero-order valence-corrected chi connectivity index (χ0v) is 8.91. The summed E-state index contributed by atoms with van der Waals surface area (Å²) in [6.07, 6.45) is 3.48. The van der Waals surface area contributed by atoms with E-state index in [1.54, 1.807) is 19.5 Å². The molecule has 0 saturated heterocycles. The van der Waals surface area contributed by atoms with Crippen LogP contribution in [0.2, 0.25) is 0 Å². The molecule has 1 aromatic heterocycles. The Morgan fingerprint density at radius 3 is 3.00 bits per heavy atom. The van der Waals surface area contributed by atoms with E-state index in [0.29, 0.717) is 6.61 Å². The summed E-state index contributed by atoms with van der Waals surface area (Å²) in [7, 11) is 1.63. The summed E-state index contributed by atoms with van der Waals surface area (Å²) in [5, 5.41) is 0. The monoisotopic (exact) mass is 245 g/mol. The lowest BCUT2D eigenvalue weighted by Gasteiger charge is -2.14. The van der Waals surface area contributed by atoms with Crippen LogP contribution >= 0.6 is 15.9 Å². The Balaban J connectivity index is 2.78. The van der Waals surface area contributed by atoms with Crippen LogP contribution in [-0.4, -0.2) is 18.7 Å². The quantitative estimate of drug-likeness (QED) is 0.614.